The van der Waals surface area contributed by atoms with Crippen LogP contribution in [0.15, 0.2) is 39.7 Å². The molecule has 0 bridgehead atoms. The quantitative estimate of drug-likeness (QED) is 0.800. The number of anilines is 1. The number of rotatable bonds is 3. The Labute approximate surface area is 119 Å². The average molecular weight is 291 g/mol. The van der Waals surface area contributed by atoms with Crippen molar-refractivity contribution >= 4 is 28.6 Å². The number of oxazole rings is 1. The van der Waals surface area contributed by atoms with E-state index in [1.54, 1.807) is 37.5 Å². The summed E-state index contributed by atoms with van der Waals surface area (Å²) in [5.41, 5.74) is 1.50. The molecule has 0 aliphatic heterocycles. The average Bonchev–Trinajstić information content (AvgIpc) is 2.77. The predicted molar refractivity (Wildman–Crippen MR) is 76.2 cm³/mol. The molecule has 20 heavy (non-hydrogen) atoms. The molecule has 1 N–H and O–H groups in total. The van der Waals surface area contributed by atoms with Gasteiger partial charge in [-0.2, -0.15) is 0 Å². The lowest BCUT2D eigenvalue weighted by Gasteiger charge is -2.06. The van der Waals surface area contributed by atoms with Crippen molar-refractivity contribution in [1.82, 2.24) is 14.5 Å². The molecule has 0 spiro atoms. The van der Waals surface area contributed by atoms with Gasteiger partial charge in [-0.25, -0.2) is 14.8 Å². The van der Waals surface area contributed by atoms with Gasteiger partial charge in [-0.1, -0.05) is 11.6 Å². The highest BCUT2D eigenvalue weighted by Gasteiger charge is 2.13. The normalized spacial score (nSPS) is 10.9. The van der Waals surface area contributed by atoms with E-state index in [1.165, 1.54) is 4.57 Å². The molecule has 0 saturated carbocycles. The van der Waals surface area contributed by atoms with Crippen LogP contribution < -0.4 is 11.1 Å². The van der Waals surface area contributed by atoms with Gasteiger partial charge in [0.25, 0.3) is 0 Å². The fourth-order valence-electron chi connectivity index (χ4n) is 1.92. The van der Waals surface area contributed by atoms with Crippen LogP contribution in [-0.2, 0) is 6.54 Å². The van der Waals surface area contributed by atoms with E-state index in [-0.39, 0.29) is 6.54 Å². The van der Waals surface area contributed by atoms with Crippen LogP contribution in [-0.4, -0.2) is 21.6 Å². The first-order valence-electron chi connectivity index (χ1n) is 5.96. The third-order valence-electron chi connectivity index (χ3n) is 2.91. The molecule has 0 fully saturated rings. The summed E-state index contributed by atoms with van der Waals surface area (Å²) in [5, 5.41) is 3.42. The van der Waals surface area contributed by atoms with E-state index in [0.29, 0.717) is 27.8 Å². The third-order valence-corrected chi connectivity index (χ3v) is 3.25. The zero-order chi connectivity index (χ0) is 14.1. The molecule has 0 aliphatic carbocycles. The minimum Gasteiger partial charge on any atom is -0.406 e. The summed E-state index contributed by atoms with van der Waals surface area (Å²) in [4.78, 5) is 20.4. The van der Waals surface area contributed by atoms with E-state index in [1.807, 2.05) is 0 Å². The van der Waals surface area contributed by atoms with Crippen LogP contribution in [0.1, 0.15) is 5.69 Å². The lowest BCUT2D eigenvalue weighted by atomic mass is 10.3. The van der Waals surface area contributed by atoms with E-state index < -0.39 is 5.76 Å². The molecule has 0 atom stereocenters. The highest BCUT2D eigenvalue weighted by Crippen LogP contribution is 2.18. The monoisotopic (exact) mass is 290 g/mol. The van der Waals surface area contributed by atoms with Gasteiger partial charge in [0.15, 0.2) is 11.2 Å². The molecule has 3 aromatic heterocycles. The van der Waals surface area contributed by atoms with Crippen molar-refractivity contribution in [2.45, 2.75) is 6.54 Å². The SMILES string of the molecule is CNc1ccc(Cl)c(Cn2c(=O)oc3cccnc32)n1. The number of nitrogens with zero attached hydrogens (tertiary/aromatic N) is 3. The summed E-state index contributed by atoms with van der Waals surface area (Å²) in [6, 6.07) is 6.90. The molecule has 3 aromatic rings. The van der Waals surface area contributed by atoms with Gasteiger partial charge in [-0.3, -0.25) is 4.57 Å². The van der Waals surface area contributed by atoms with Crippen LogP contribution in [0, 0.1) is 0 Å². The molecule has 3 rings (SSSR count). The number of pyridine rings is 2. The van der Waals surface area contributed by atoms with Crippen molar-refractivity contribution in [3.8, 4) is 0 Å². The number of nitrogens with one attached hydrogen (secondary N) is 1. The van der Waals surface area contributed by atoms with Gasteiger partial charge >= 0.3 is 5.76 Å². The van der Waals surface area contributed by atoms with Crippen molar-refractivity contribution in [2.75, 3.05) is 12.4 Å². The number of fused-ring (bicyclic) bond motifs is 1. The zero-order valence-corrected chi connectivity index (χ0v) is 11.4. The van der Waals surface area contributed by atoms with Gasteiger partial charge in [0.1, 0.15) is 5.82 Å². The van der Waals surface area contributed by atoms with Crippen LogP contribution in [0.4, 0.5) is 5.82 Å². The van der Waals surface area contributed by atoms with Crippen molar-refractivity contribution < 1.29 is 4.42 Å². The van der Waals surface area contributed by atoms with Crippen LogP contribution in [0.3, 0.4) is 0 Å². The van der Waals surface area contributed by atoms with Gasteiger partial charge in [-0.15, -0.1) is 0 Å². The molecule has 6 nitrogen and oxygen atoms in total. The van der Waals surface area contributed by atoms with Gasteiger partial charge < -0.3 is 9.73 Å². The summed E-state index contributed by atoms with van der Waals surface area (Å²) in [6.45, 7) is 0.206. The zero-order valence-electron chi connectivity index (χ0n) is 10.6. The Bertz CT molecular complexity index is 825. The lowest BCUT2D eigenvalue weighted by Crippen LogP contribution is -2.16. The maximum Gasteiger partial charge on any atom is 0.421 e. The molecular weight excluding hydrogens is 280 g/mol. The van der Waals surface area contributed by atoms with Crippen molar-refractivity contribution in [3.63, 3.8) is 0 Å². The van der Waals surface area contributed by atoms with E-state index in [0.717, 1.165) is 0 Å². The van der Waals surface area contributed by atoms with Crippen LogP contribution in [0.5, 0.6) is 0 Å². The Morgan fingerprint density at radius 1 is 1.40 bits per heavy atom. The van der Waals surface area contributed by atoms with E-state index in [2.05, 4.69) is 15.3 Å². The van der Waals surface area contributed by atoms with Crippen LogP contribution in [0.2, 0.25) is 5.02 Å². The Balaban J connectivity index is 2.09. The Hall–Kier alpha value is -2.34. The molecule has 0 amide bonds. The Morgan fingerprint density at radius 3 is 3.05 bits per heavy atom. The molecule has 0 radical (unpaired) electrons. The molecule has 3 heterocycles. The second kappa shape index (κ2) is 4.97. The van der Waals surface area contributed by atoms with Gasteiger partial charge in [0.2, 0.25) is 0 Å². The minimum atomic E-state index is -0.480. The summed E-state index contributed by atoms with van der Waals surface area (Å²) in [7, 11) is 1.76. The smallest absolute Gasteiger partial charge is 0.406 e. The van der Waals surface area contributed by atoms with Crippen molar-refractivity contribution in [1.29, 1.82) is 0 Å². The van der Waals surface area contributed by atoms with Gasteiger partial charge in [0.05, 0.1) is 17.3 Å². The lowest BCUT2D eigenvalue weighted by molar-refractivity contribution is 0.516. The highest BCUT2D eigenvalue weighted by molar-refractivity contribution is 6.31. The van der Waals surface area contributed by atoms with Crippen molar-refractivity contribution in [3.05, 3.63) is 51.7 Å². The molecular formula is C13H11ClN4O2. The molecule has 102 valence electrons. The molecule has 0 saturated heterocycles. The summed E-state index contributed by atoms with van der Waals surface area (Å²) in [5.74, 6) is 0.199. The maximum atomic E-state index is 11.9. The number of hydrogen-bond donors (Lipinski definition) is 1. The Kier molecular flexibility index (Phi) is 3.15. The predicted octanol–water partition coefficient (Wildman–Crippen LogP) is 2.13. The number of aromatic nitrogens is 3. The first-order chi connectivity index (χ1) is 9.69. The maximum absolute atomic E-state index is 11.9. The second-order valence-electron chi connectivity index (χ2n) is 4.15. The standard InChI is InChI=1S/C13H11ClN4O2/c1-15-11-5-4-8(14)9(17-11)7-18-12-10(20-13(18)19)3-2-6-16-12/h2-6H,7H2,1H3,(H,15,17). The van der Waals surface area contributed by atoms with Gasteiger partial charge in [-0.05, 0) is 24.3 Å². The summed E-state index contributed by atoms with van der Waals surface area (Å²) in [6.07, 6.45) is 1.60. The van der Waals surface area contributed by atoms with E-state index >= 15 is 0 Å². The highest BCUT2D eigenvalue weighted by atomic mass is 35.5. The second-order valence-corrected chi connectivity index (χ2v) is 4.56. The summed E-state index contributed by atoms with van der Waals surface area (Å²) < 4.78 is 6.53. The van der Waals surface area contributed by atoms with Gasteiger partial charge in [0, 0.05) is 13.2 Å². The largest absolute Gasteiger partial charge is 0.421 e. The van der Waals surface area contributed by atoms with Crippen LogP contribution in [0.25, 0.3) is 11.2 Å². The minimum absolute atomic E-state index is 0.206. The van der Waals surface area contributed by atoms with E-state index in [9.17, 15) is 4.79 Å². The first-order valence-corrected chi connectivity index (χ1v) is 6.34. The van der Waals surface area contributed by atoms with E-state index in [4.69, 9.17) is 16.0 Å². The molecule has 0 aliphatic rings. The fourth-order valence-corrected chi connectivity index (χ4v) is 2.09. The third kappa shape index (κ3) is 2.14. The molecule has 0 aromatic carbocycles. The summed E-state index contributed by atoms with van der Waals surface area (Å²) >= 11 is 6.12. The number of halogens is 1. The molecule has 7 heteroatoms. The fraction of sp³-hybridized carbons (Fsp3) is 0.154. The number of hydrogen-bond acceptors (Lipinski definition) is 5. The first kappa shape index (κ1) is 12.7. The van der Waals surface area contributed by atoms with Crippen molar-refractivity contribution in [2.24, 2.45) is 0 Å². The topological polar surface area (TPSA) is 73.0 Å². The van der Waals surface area contributed by atoms with Crippen LogP contribution >= 0.6 is 11.6 Å². The Morgan fingerprint density at radius 2 is 2.25 bits per heavy atom. The molecule has 0 unspecified atom stereocenters.